The molecule has 29 heavy (non-hydrogen) atoms. The van der Waals surface area contributed by atoms with Crippen LogP contribution in [0.5, 0.6) is 11.5 Å². The zero-order chi connectivity index (χ0) is 20.4. The first-order valence-corrected chi connectivity index (χ1v) is 10.2. The van der Waals surface area contributed by atoms with E-state index in [1.807, 2.05) is 50.2 Å². The molecule has 0 aliphatic carbocycles. The third-order valence-electron chi connectivity index (χ3n) is 4.63. The van der Waals surface area contributed by atoms with Crippen LogP contribution in [0, 0.1) is 0 Å². The number of para-hydroxylation sites is 1. The second-order valence-corrected chi connectivity index (χ2v) is 8.69. The van der Waals surface area contributed by atoms with Crippen LogP contribution in [0.1, 0.15) is 30.4 Å². The van der Waals surface area contributed by atoms with E-state index in [0.29, 0.717) is 11.5 Å². The lowest BCUT2D eigenvalue weighted by atomic mass is 10.0. The number of amides is 1. The number of benzene rings is 1. The first-order valence-electron chi connectivity index (χ1n) is 9.43. The van der Waals surface area contributed by atoms with E-state index in [0.717, 1.165) is 27.5 Å². The van der Waals surface area contributed by atoms with Crippen molar-refractivity contribution in [1.82, 2.24) is 5.32 Å². The molecule has 152 valence electrons. The molecule has 0 bridgehead atoms. The van der Waals surface area contributed by atoms with Gasteiger partial charge in [0, 0.05) is 23.4 Å². The summed E-state index contributed by atoms with van der Waals surface area (Å²) in [5.74, 6) is 1.72. The second-order valence-electron chi connectivity index (χ2n) is 7.57. The highest BCUT2D eigenvalue weighted by atomic mass is 32.1. The summed E-state index contributed by atoms with van der Waals surface area (Å²) >= 11 is 1.43. The Balaban J connectivity index is 1.29. The van der Waals surface area contributed by atoms with Crippen molar-refractivity contribution in [2.75, 3.05) is 13.2 Å². The van der Waals surface area contributed by atoms with Crippen LogP contribution in [0.2, 0.25) is 0 Å². The van der Waals surface area contributed by atoms with E-state index in [1.54, 1.807) is 12.3 Å². The Morgan fingerprint density at radius 2 is 2.14 bits per heavy atom. The number of fused-ring (bicyclic) bond motifs is 1. The lowest BCUT2D eigenvalue weighted by molar-refractivity contribution is -0.123. The molecule has 0 saturated carbocycles. The van der Waals surface area contributed by atoms with E-state index < -0.39 is 6.10 Å². The largest absolute Gasteiger partial charge is 0.483 e. The van der Waals surface area contributed by atoms with E-state index in [9.17, 15) is 9.90 Å². The van der Waals surface area contributed by atoms with Crippen molar-refractivity contribution in [2.45, 2.75) is 32.0 Å². The highest BCUT2D eigenvalue weighted by molar-refractivity contribution is 7.15. The summed E-state index contributed by atoms with van der Waals surface area (Å²) in [4.78, 5) is 13.9. The van der Waals surface area contributed by atoms with Crippen molar-refractivity contribution in [1.29, 1.82) is 0 Å². The lowest BCUT2D eigenvalue weighted by Gasteiger charge is -2.18. The summed E-state index contributed by atoms with van der Waals surface area (Å²) in [6.07, 6.45) is 1.62. The van der Waals surface area contributed by atoms with Crippen LogP contribution < -0.4 is 14.8 Å². The quantitative estimate of drug-likeness (QED) is 0.613. The van der Waals surface area contributed by atoms with Gasteiger partial charge in [0.05, 0.1) is 11.1 Å². The second kappa shape index (κ2) is 7.93. The molecule has 1 atom stereocenters. The van der Waals surface area contributed by atoms with Gasteiger partial charge in [0.25, 0.3) is 5.91 Å². The molecule has 3 heterocycles. The fourth-order valence-corrected chi connectivity index (χ4v) is 4.25. The average molecular weight is 413 g/mol. The van der Waals surface area contributed by atoms with E-state index >= 15 is 0 Å². The predicted molar refractivity (Wildman–Crippen MR) is 110 cm³/mol. The van der Waals surface area contributed by atoms with Crippen molar-refractivity contribution >= 4 is 17.2 Å². The molecule has 0 saturated heterocycles. The van der Waals surface area contributed by atoms with E-state index in [2.05, 4.69) is 5.32 Å². The Hall–Kier alpha value is -2.77. The van der Waals surface area contributed by atoms with Crippen LogP contribution in [0.25, 0.3) is 10.6 Å². The summed E-state index contributed by atoms with van der Waals surface area (Å²) in [6.45, 7) is 4.01. The van der Waals surface area contributed by atoms with Gasteiger partial charge in [-0.15, -0.1) is 11.3 Å². The number of carbonyl (C=O) groups is 1. The van der Waals surface area contributed by atoms with Crippen LogP contribution in [-0.4, -0.2) is 29.8 Å². The van der Waals surface area contributed by atoms with Gasteiger partial charge in [-0.1, -0.05) is 12.1 Å². The van der Waals surface area contributed by atoms with Crippen LogP contribution >= 0.6 is 11.3 Å². The van der Waals surface area contributed by atoms with Gasteiger partial charge in [0.15, 0.2) is 18.1 Å². The number of hydrogen-bond acceptors (Lipinski definition) is 6. The Kier molecular flexibility index (Phi) is 5.34. The maximum absolute atomic E-state index is 12.2. The molecule has 1 unspecified atom stereocenters. The summed E-state index contributed by atoms with van der Waals surface area (Å²) in [5.41, 5.74) is 0.803. The maximum atomic E-state index is 12.2. The molecule has 7 heteroatoms. The van der Waals surface area contributed by atoms with Gasteiger partial charge < -0.3 is 24.3 Å². The number of aliphatic hydroxyl groups is 1. The highest BCUT2D eigenvalue weighted by Crippen LogP contribution is 2.41. The van der Waals surface area contributed by atoms with Crippen LogP contribution in [0.15, 0.2) is 53.1 Å². The topological polar surface area (TPSA) is 80.9 Å². The molecule has 1 aliphatic rings. The van der Waals surface area contributed by atoms with Crippen LogP contribution in [0.3, 0.4) is 0 Å². The smallest absolute Gasteiger partial charge is 0.258 e. The minimum atomic E-state index is -0.794. The van der Waals surface area contributed by atoms with Gasteiger partial charge in [-0.25, -0.2) is 0 Å². The van der Waals surface area contributed by atoms with E-state index in [1.165, 1.54) is 11.3 Å². The van der Waals surface area contributed by atoms with E-state index in [-0.39, 0.29) is 24.7 Å². The monoisotopic (exact) mass is 413 g/mol. The molecular formula is C22H23NO5S. The van der Waals surface area contributed by atoms with Crippen LogP contribution in [0.4, 0.5) is 0 Å². The minimum Gasteiger partial charge on any atom is -0.483 e. The van der Waals surface area contributed by atoms with Gasteiger partial charge >= 0.3 is 0 Å². The summed E-state index contributed by atoms with van der Waals surface area (Å²) in [7, 11) is 0. The molecule has 0 radical (unpaired) electrons. The van der Waals surface area contributed by atoms with Crippen LogP contribution in [-0.2, 0) is 11.2 Å². The molecule has 0 fully saturated rings. The van der Waals surface area contributed by atoms with Crippen molar-refractivity contribution in [2.24, 2.45) is 0 Å². The first kappa shape index (κ1) is 19.5. The Bertz CT molecular complexity index is 993. The van der Waals surface area contributed by atoms with Crippen molar-refractivity contribution in [3.8, 4) is 22.1 Å². The van der Waals surface area contributed by atoms with E-state index in [4.69, 9.17) is 13.9 Å². The number of carbonyl (C=O) groups excluding carboxylic acids is 1. The normalized spacial score (nSPS) is 15.4. The minimum absolute atomic E-state index is 0.108. The first-order chi connectivity index (χ1) is 13.9. The molecule has 4 rings (SSSR count). The Morgan fingerprint density at radius 1 is 1.28 bits per heavy atom. The Labute approximate surface area is 173 Å². The third kappa shape index (κ3) is 4.46. The highest BCUT2D eigenvalue weighted by Gasteiger charge is 2.32. The van der Waals surface area contributed by atoms with Gasteiger partial charge in [0.2, 0.25) is 0 Å². The summed E-state index contributed by atoms with van der Waals surface area (Å²) in [5, 5.41) is 13.1. The molecule has 2 N–H and O–H groups in total. The number of thiophene rings is 1. The lowest BCUT2D eigenvalue weighted by Crippen LogP contribution is -2.32. The van der Waals surface area contributed by atoms with Crippen molar-refractivity contribution < 1.29 is 23.8 Å². The molecule has 6 nitrogen and oxygen atoms in total. The number of nitrogens with one attached hydrogen (secondary N) is 1. The fraction of sp³-hybridized carbons (Fsp3) is 0.318. The van der Waals surface area contributed by atoms with Crippen molar-refractivity contribution in [3.05, 3.63) is 59.2 Å². The number of ether oxygens (including phenoxy) is 2. The fourth-order valence-electron chi connectivity index (χ4n) is 3.29. The molecule has 1 aliphatic heterocycles. The van der Waals surface area contributed by atoms with Gasteiger partial charge in [-0.05, 0) is 44.2 Å². The number of hydrogen-bond donors (Lipinski definition) is 2. The molecule has 0 spiro atoms. The molecule has 2 aromatic heterocycles. The zero-order valence-electron chi connectivity index (χ0n) is 16.3. The molecular weight excluding hydrogens is 390 g/mol. The third-order valence-corrected chi connectivity index (χ3v) is 5.83. The predicted octanol–water partition coefficient (Wildman–Crippen LogP) is 3.95. The molecule has 1 aromatic carbocycles. The standard InChI is InChI=1S/C22H23NO5S/c1-22(2)11-14-5-3-6-17(21(14)28-22)27-13-20(25)23-12-15(24)18-8-9-19(29-18)16-7-4-10-26-16/h3-10,15,24H,11-13H2,1-2H3,(H,23,25). The van der Waals surface area contributed by atoms with Gasteiger partial charge in [-0.2, -0.15) is 0 Å². The number of aliphatic hydroxyl groups excluding tert-OH is 1. The summed E-state index contributed by atoms with van der Waals surface area (Å²) in [6, 6.07) is 13.1. The number of rotatable bonds is 7. The zero-order valence-corrected chi connectivity index (χ0v) is 17.1. The summed E-state index contributed by atoms with van der Waals surface area (Å²) < 4.78 is 17.0. The Morgan fingerprint density at radius 3 is 2.93 bits per heavy atom. The molecule has 1 amide bonds. The van der Waals surface area contributed by atoms with Gasteiger partial charge in [0.1, 0.15) is 17.5 Å². The SMILES string of the molecule is CC1(C)Cc2cccc(OCC(=O)NCC(O)c3ccc(-c4ccco4)s3)c2O1. The van der Waals surface area contributed by atoms with Crippen molar-refractivity contribution in [3.63, 3.8) is 0 Å². The number of furan rings is 1. The molecule has 3 aromatic rings. The maximum Gasteiger partial charge on any atom is 0.258 e. The van der Waals surface area contributed by atoms with Gasteiger partial charge in [-0.3, -0.25) is 4.79 Å². The average Bonchev–Trinajstić information content (AvgIpc) is 3.41.